The highest BCUT2D eigenvalue weighted by Gasteiger charge is 2.22. The molecule has 0 aromatic heterocycles. The summed E-state index contributed by atoms with van der Waals surface area (Å²) >= 11 is 0. The molecule has 294 valence electrons. The molecule has 0 saturated carbocycles. The van der Waals surface area contributed by atoms with E-state index >= 15 is 0 Å². The van der Waals surface area contributed by atoms with Crippen LogP contribution in [0.2, 0.25) is 0 Å². The van der Waals surface area contributed by atoms with Crippen molar-refractivity contribution in [2.45, 2.75) is 180 Å². The zero-order valence-electron chi connectivity index (χ0n) is 32.2. The summed E-state index contributed by atoms with van der Waals surface area (Å²) in [5.41, 5.74) is 0. The highest BCUT2D eigenvalue weighted by atomic mass is 31.2. The summed E-state index contributed by atoms with van der Waals surface area (Å²) in [6.45, 7) is 3.49. The Labute approximate surface area is 311 Å². The average Bonchev–Trinajstić information content (AvgIpc) is 3.10. The summed E-state index contributed by atoms with van der Waals surface area (Å²) in [5, 5.41) is 0. The van der Waals surface area contributed by atoms with Crippen molar-refractivity contribution in [2.24, 2.45) is 0 Å². The number of unbranched alkanes of at least 4 members (excludes halogenated alkanes) is 16. The Kier molecular flexibility index (Phi) is 35.9. The number of phosphoric ester groups is 1. The Hall–Kier alpha value is -2.25. The predicted octanol–water partition coefficient (Wildman–Crippen LogP) is 12.1. The molecule has 0 rings (SSSR count). The van der Waals surface area contributed by atoms with Crippen LogP contribution in [0.3, 0.4) is 0 Å². The van der Waals surface area contributed by atoms with Crippen LogP contribution in [-0.2, 0) is 28.2 Å². The van der Waals surface area contributed by atoms with Gasteiger partial charge in [-0.25, -0.2) is 4.57 Å². The predicted molar refractivity (Wildman–Crippen MR) is 211 cm³/mol. The van der Waals surface area contributed by atoms with Gasteiger partial charge in [0.25, 0.3) is 0 Å². The Morgan fingerprint density at radius 1 is 0.529 bits per heavy atom. The van der Waals surface area contributed by atoms with E-state index < -0.39 is 32.5 Å². The van der Waals surface area contributed by atoms with Crippen molar-refractivity contribution >= 4 is 19.8 Å². The Morgan fingerprint density at radius 2 is 0.941 bits per heavy atom. The maximum Gasteiger partial charge on any atom is 0.469 e. The van der Waals surface area contributed by atoms with Crippen LogP contribution in [0.4, 0.5) is 0 Å². The highest BCUT2D eigenvalue weighted by molar-refractivity contribution is 7.46. The first-order valence-electron chi connectivity index (χ1n) is 20.1. The maximum atomic E-state index is 12.4. The van der Waals surface area contributed by atoms with Crippen molar-refractivity contribution in [2.75, 3.05) is 13.2 Å². The summed E-state index contributed by atoms with van der Waals surface area (Å²) in [4.78, 5) is 42.7. The van der Waals surface area contributed by atoms with E-state index in [0.29, 0.717) is 12.8 Å². The Balaban J connectivity index is 3.89. The minimum Gasteiger partial charge on any atom is -0.462 e. The van der Waals surface area contributed by atoms with Gasteiger partial charge in [-0.05, 0) is 70.6 Å². The largest absolute Gasteiger partial charge is 0.469 e. The van der Waals surface area contributed by atoms with Crippen molar-refractivity contribution < 1.29 is 37.9 Å². The molecule has 0 bridgehead atoms. The number of carbonyl (C=O) groups excluding carboxylic acids is 2. The smallest absolute Gasteiger partial charge is 0.462 e. The number of hydrogen-bond acceptors (Lipinski definition) is 6. The van der Waals surface area contributed by atoms with Crippen LogP contribution in [0.25, 0.3) is 0 Å². The standard InChI is InChI=1S/C42H73O8P/c1-3-5-7-9-11-13-15-16-17-18-19-20-21-22-23-24-25-26-27-29-31-33-35-37-42(44)50-40(39-49-51(45,46)47)38-48-41(43)36-34-32-30-28-14-12-10-8-6-4-2/h5,7-8,10-11,13,16-17,19-20,40H,3-4,6,9,12,14-15,18,21-39H2,1-2H3,(H2,45,46,47)/b7-5-,10-8-,13-11-,17-16-,20-19-. The van der Waals surface area contributed by atoms with Crippen molar-refractivity contribution in [1.82, 2.24) is 0 Å². The lowest BCUT2D eigenvalue weighted by Crippen LogP contribution is -2.29. The summed E-state index contributed by atoms with van der Waals surface area (Å²) < 4.78 is 26.3. The number of esters is 2. The van der Waals surface area contributed by atoms with E-state index in [4.69, 9.17) is 19.3 Å². The van der Waals surface area contributed by atoms with Gasteiger partial charge in [0.1, 0.15) is 6.61 Å². The molecule has 0 aliphatic heterocycles. The van der Waals surface area contributed by atoms with Crippen LogP contribution in [0, 0.1) is 0 Å². The molecule has 51 heavy (non-hydrogen) atoms. The van der Waals surface area contributed by atoms with Gasteiger partial charge >= 0.3 is 19.8 Å². The van der Waals surface area contributed by atoms with Gasteiger partial charge in [-0.2, -0.15) is 0 Å². The minimum atomic E-state index is -4.75. The van der Waals surface area contributed by atoms with E-state index in [-0.39, 0.29) is 19.4 Å². The normalized spacial score (nSPS) is 13.1. The van der Waals surface area contributed by atoms with Crippen molar-refractivity contribution in [3.8, 4) is 0 Å². The molecule has 8 nitrogen and oxygen atoms in total. The molecule has 1 unspecified atom stereocenters. The molecule has 0 fully saturated rings. The molecule has 0 aliphatic carbocycles. The van der Waals surface area contributed by atoms with Crippen LogP contribution in [0.1, 0.15) is 174 Å². The van der Waals surface area contributed by atoms with Gasteiger partial charge in [0.05, 0.1) is 6.61 Å². The van der Waals surface area contributed by atoms with Crippen molar-refractivity contribution in [3.05, 3.63) is 60.8 Å². The Morgan fingerprint density at radius 3 is 1.43 bits per heavy atom. The van der Waals surface area contributed by atoms with Gasteiger partial charge in [-0.15, -0.1) is 0 Å². The molecule has 0 radical (unpaired) electrons. The Bertz CT molecular complexity index is 1010. The number of ether oxygens (including phenoxy) is 2. The van der Waals surface area contributed by atoms with Gasteiger partial charge in [-0.3, -0.25) is 14.1 Å². The van der Waals surface area contributed by atoms with Crippen LogP contribution >= 0.6 is 7.82 Å². The van der Waals surface area contributed by atoms with Gasteiger partial charge in [0.15, 0.2) is 6.10 Å². The van der Waals surface area contributed by atoms with Gasteiger partial charge in [0, 0.05) is 12.8 Å². The van der Waals surface area contributed by atoms with Crippen LogP contribution in [0.5, 0.6) is 0 Å². The lowest BCUT2D eigenvalue weighted by Gasteiger charge is -2.18. The molecular weight excluding hydrogens is 663 g/mol. The molecule has 0 saturated heterocycles. The average molecular weight is 737 g/mol. The second-order valence-corrected chi connectivity index (χ2v) is 14.5. The first-order valence-corrected chi connectivity index (χ1v) is 21.6. The van der Waals surface area contributed by atoms with Crippen molar-refractivity contribution in [1.29, 1.82) is 0 Å². The van der Waals surface area contributed by atoms with E-state index in [1.165, 1.54) is 44.9 Å². The third-order valence-corrected chi connectivity index (χ3v) is 8.74. The fourth-order valence-corrected chi connectivity index (χ4v) is 5.67. The summed E-state index contributed by atoms with van der Waals surface area (Å²) in [6.07, 6.45) is 46.7. The topological polar surface area (TPSA) is 119 Å². The molecule has 0 aliphatic rings. The second-order valence-electron chi connectivity index (χ2n) is 13.2. The summed E-state index contributed by atoms with van der Waals surface area (Å²) in [7, 11) is -4.75. The van der Waals surface area contributed by atoms with Crippen LogP contribution in [0.15, 0.2) is 60.8 Å². The SMILES string of the molecule is CC/C=C\C/C=C\C/C=C\C/C=C\CCCCCCCCCCCCC(=O)OC(COC(=O)CCCCCCC/C=C\CCC)COP(=O)(O)O. The number of carbonyl (C=O) groups is 2. The van der Waals surface area contributed by atoms with Gasteiger partial charge in [-0.1, -0.05) is 152 Å². The van der Waals surface area contributed by atoms with E-state index in [1.54, 1.807) is 0 Å². The summed E-state index contributed by atoms with van der Waals surface area (Å²) in [6, 6.07) is 0. The van der Waals surface area contributed by atoms with Gasteiger partial charge in [0.2, 0.25) is 0 Å². The lowest BCUT2D eigenvalue weighted by atomic mass is 10.0. The molecule has 9 heteroatoms. The molecule has 1 atom stereocenters. The van der Waals surface area contributed by atoms with E-state index in [2.05, 4.69) is 79.1 Å². The third-order valence-electron chi connectivity index (χ3n) is 8.25. The number of hydrogen-bond donors (Lipinski definition) is 2. The molecule has 0 aromatic rings. The van der Waals surface area contributed by atoms with E-state index in [1.807, 2.05) is 0 Å². The monoisotopic (exact) mass is 737 g/mol. The van der Waals surface area contributed by atoms with E-state index in [9.17, 15) is 14.2 Å². The molecular formula is C42H73O8P. The third kappa shape index (κ3) is 40.4. The first kappa shape index (κ1) is 48.8. The minimum absolute atomic E-state index is 0.202. The molecule has 0 heterocycles. The summed E-state index contributed by atoms with van der Waals surface area (Å²) in [5.74, 6) is -0.906. The number of rotatable bonds is 36. The van der Waals surface area contributed by atoms with E-state index in [0.717, 1.165) is 89.9 Å². The zero-order chi connectivity index (χ0) is 37.5. The molecule has 0 amide bonds. The quantitative estimate of drug-likeness (QED) is 0.0282. The maximum absolute atomic E-state index is 12.4. The fraction of sp³-hybridized carbons (Fsp3) is 0.714. The lowest BCUT2D eigenvalue weighted by molar-refractivity contribution is -0.161. The molecule has 0 aromatic carbocycles. The molecule has 0 spiro atoms. The van der Waals surface area contributed by atoms with Crippen molar-refractivity contribution in [3.63, 3.8) is 0 Å². The van der Waals surface area contributed by atoms with Gasteiger partial charge < -0.3 is 19.3 Å². The van der Waals surface area contributed by atoms with Crippen LogP contribution in [-0.4, -0.2) is 41.0 Å². The highest BCUT2D eigenvalue weighted by Crippen LogP contribution is 2.36. The second kappa shape index (κ2) is 37.5. The number of allylic oxidation sites excluding steroid dienone is 10. The fourth-order valence-electron chi connectivity index (χ4n) is 5.31. The first-order chi connectivity index (χ1) is 24.8. The molecule has 2 N–H and O–H groups in total. The zero-order valence-corrected chi connectivity index (χ0v) is 33.1. The van der Waals surface area contributed by atoms with Crippen LogP contribution < -0.4 is 0 Å². The number of phosphoric acid groups is 1.